The Bertz CT molecular complexity index is 804. The topological polar surface area (TPSA) is 9.23 Å². The monoisotopic (exact) mass is 374 g/mol. The molecule has 1 aliphatic heterocycles. The fourth-order valence-electron chi connectivity index (χ4n) is 2.95. The zero-order valence-corrected chi connectivity index (χ0v) is 16.9. The summed E-state index contributed by atoms with van der Waals surface area (Å²) in [5.74, 6) is 1.61. The van der Waals surface area contributed by atoms with Gasteiger partial charge in [0.25, 0.3) is 0 Å². The maximum Gasteiger partial charge on any atom is 0.167 e. The average molecular weight is 375 g/mol. The van der Waals surface area contributed by atoms with Crippen molar-refractivity contribution in [2.75, 3.05) is 19.4 Å². The maximum atomic E-state index is 6.95. The molecule has 2 atom stereocenters. The number of ether oxygens (including phenoxy) is 1. The van der Waals surface area contributed by atoms with Crippen LogP contribution in [0.15, 0.2) is 54.7 Å². The normalized spacial score (nSPS) is 26.0. The van der Waals surface area contributed by atoms with Crippen LogP contribution in [0.3, 0.4) is 0 Å². The Kier molecular flexibility index (Phi) is 4.93. The fourth-order valence-corrected chi connectivity index (χ4v) is 4.68. The van der Waals surface area contributed by atoms with Crippen LogP contribution < -0.4 is 8.63 Å². The largest absolute Gasteiger partial charge is 0.491 e. The summed E-state index contributed by atoms with van der Waals surface area (Å²) in [7, 11) is 2.16. The van der Waals surface area contributed by atoms with Gasteiger partial charge in [-0.2, -0.15) is 0 Å². The summed E-state index contributed by atoms with van der Waals surface area (Å²) in [6.07, 6.45) is 0. The number of benzene rings is 2. The Balaban J connectivity index is 1.79. The summed E-state index contributed by atoms with van der Waals surface area (Å²) in [4.78, 5) is -0.580. The number of aryl methyl sites for hydroxylation is 3. The molecule has 0 bridgehead atoms. The Labute approximate surface area is 160 Å². The van der Waals surface area contributed by atoms with E-state index in [1.807, 2.05) is 24.3 Å². The molecule has 132 valence electrons. The molecular formula is C21H25ClNOS+. The number of halogens is 1. The predicted molar refractivity (Wildman–Crippen MR) is 110 cm³/mol. The molecule has 3 rings (SSSR count). The second-order valence-corrected chi connectivity index (χ2v) is 8.98. The van der Waals surface area contributed by atoms with Gasteiger partial charge in [0.1, 0.15) is 23.7 Å². The van der Waals surface area contributed by atoms with Crippen LogP contribution in [-0.2, 0) is 0 Å². The molecule has 1 saturated heterocycles. The quantitative estimate of drug-likeness (QED) is 0.381. The number of alkyl halides is 1. The van der Waals surface area contributed by atoms with Crippen LogP contribution in [-0.4, -0.2) is 24.3 Å². The van der Waals surface area contributed by atoms with Gasteiger partial charge in [-0.25, -0.2) is 3.89 Å². The second kappa shape index (κ2) is 6.71. The summed E-state index contributed by atoms with van der Waals surface area (Å²) in [6, 6.07) is 14.6. The first-order valence-corrected chi connectivity index (χ1v) is 9.74. The van der Waals surface area contributed by atoms with Gasteiger partial charge in [0.05, 0.1) is 24.7 Å². The lowest BCUT2D eigenvalue weighted by Crippen LogP contribution is -2.40. The summed E-state index contributed by atoms with van der Waals surface area (Å²) in [5.41, 5.74) is 5.97. The molecule has 1 unspecified atom stereocenters. The standard InChI is InChI=1S/C21H25ClNOS/c1-15-6-10-20(11-7-15)24-13-21(22)14-25-23(5,18(21)4)19-9-8-16(2)17(3)12-19/h6-12H,4,13-14H2,1-3,5H3/q+1/t21-,23?/m1/s1. The first-order valence-electron chi connectivity index (χ1n) is 8.42. The smallest absolute Gasteiger partial charge is 0.167 e. The van der Waals surface area contributed by atoms with E-state index in [0.29, 0.717) is 10.5 Å². The van der Waals surface area contributed by atoms with Crippen molar-refractivity contribution in [3.8, 4) is 5.75 Å². The maximum absolute atomic E-state index is 6.95. The number of hydrogen-bond donors (Lipinski definition) is 0. The van der Waals surface area contributed by atoms with Crippen LogP contribution in [0.1, 0.15) is 16.7 Å². The van der Waals surface area contributed by atoms with Crippen LogP contribution in [0, 0.1) is 20.8 Å². The Morgan fingerprint density at radius 3 is 2.44 bits per heavy atom. The lowest BCUT2D eigenvalue weighted by Gasteiger charge is -2.30. The Morgan fingerprint density at radius 1 is 1.12 bits per heavy atom. The van der Waals surface area contributed by atoms with E-state index in [1.165, 1.54) is 22.4 Å². The number of quaternary nitrogens is 1. The van der Waals surface area contributed by atoms with E-state index in [4.69, 9.17) is 16.3 Å². The van der Waals surface area contributed by atoms with Gasteiger partial charge >= 0.3 is 0 Å². The Morgan fingerprint density at radius 2 is 1.80 bits per heavy atom. The highest BCUT2D eigenvalue weighted by molar-refractivity contribution is 7.99. The number of rotatable bonds is 4. The highest BCUT2D eigenvalue weighted by Gasteiger charge is 2.54. The summed E-state index contributed by atoms with van der Waals surface area (Å²) < 4.78 is 6.56. The van der Waals surface area contributed by atoms with Crippen LogP contribution in [0.2, 0.25) is 0 Å². The zero-order chi connectivity index (χ0) is 18.2. The van der Waals surface area contributed by atoms with Crippen molar-refractivity contribution in [1.82, 2.24) is 3.89 Å². The van der Waals surface area contributed by atoms with Crippen molar-refractivity contribution in [2.45, 2.75) is 25.6 Å². The molecule has 2 aromatic rings. The number of nitrogens with zero attached hydrogens (tertiary/aromatic N) is 1. The SMILES string of the molecule is C=C1[C@@](Cl)(COc2ccc(C)cc2)CS[N+]1(C)c1ccc(C)c(C)c1. The molecule has 0 aromatic heterocycles. The molecule has 0 spiro atoms. The highest BCUT2D eigenvalue weighted by atomic mass is 35.5. The first kappa shape index (κ1) is 18.4. The fraction of sp³-hybridized carbons (Fsp3) is 0.333. The molecule has 2 nitrogen and oxygen atoms in total. The summed E-state index contributed by atoms with van der Waals surface area (Å²) >= 11 is 8.74. The number of hydrogen-bond acceptors (Lipinski definition) is 2. The van der Waals surface area contributed by atoms with Gasteiger partial charge in [-0.05, 0) is 50.6 Å². The molecule has 0 amide bonds. The van der Waals surface area contributed by atoms with Crippen molar-refractivity contribution < 1.29 is 4.74 Å². The van der Waals surface area contributed by atoms with E-state index in [-0.39, 0.29) is 0 Å². The van der Waals surface area contributed by atoms with E-state index in [9.17, 15) is 0 Å². The first-order chi connectivity index (χ1) is 11.7. The molecule has 1 aliphatic rings. The van der Waals surface area contributed by atoms with Gasteiger partial charge in [-0.15, -0.1) is 11.6 Å². The van der Waals surface area contributed by atoms with Crippen molar-refractivity contribution in [1.29, 1.82) is 0 Å². The van der Waals surface area contributed by atoms with Crippen molar-refractivity contribution in [3.63, 3.8) is 0 Å². The third kappa shape index (κ3) is 3.46. The van der Waals surface area contributed by atoms with E-state index in [1.54, 1.807) is 11.9 Å². The lowest BCUT2D eigenvalue weighted by atomic mass is 10.1. The van der Waals surface area contributed by atoms with Gasteiger partial charge in [0, 0.05) is 12.1 Å². The minimum atomic E-state index is -0.580. The molecule has 0 aliphatic carbocycles. The molecule has 0 saturated carbocycles. The van der Waals surface area contributed by atoms with Gasteiger partial charge in [-0.1, -0.05) is 23.8 Å². The highest BCUT2D eigenvalue weighted by Crippen LogP contribution is 2.50. The van der Waals surface area contributed by atoms with Crippen molar-refractivity contribution in [2.24, 2.45) is 0 Å². The van der Waals surface area contributed by atoms with Crippen LogP contribution >= 0.6 is 23.5 Å². The van der Waals surface area contributed by atoms with Gasteiger partial charge in [0.15, 0.2) is 4.87 Å². The molecule has 1 heterocycles. The van der Waals surface area contributed by atoms with Gasteiger partial charge in [-0.3, -0.25) is 0 Å². The molecule has 4 heteroatoms. The van der Waals surface area contributed by atoms with Crippen molar-refractivity contribution >= 4 is 29.2 Å². The molecule has 1 fully saturated rings. The average Bonchev–Trinajstić information content (AvgIpc) is 2.83. The summed E-state index contributed by atoms with van der Waals surface area (Å²) in [6.45, 7) is 11.1. The zero-order valence-electron chi connectivity index (χ0n) is 15.3. The second-order valence-electron chi connectivity index (χ2n) is 6.98. The van der Waals surface area contributed by atoms with Crippen molar-refractivity contribution in [3.05, 3.63) is 71.4 Å². The van der Waals surface area contributed by atoms with Gasteiger partial charge < -0.3 is 4.74 Å². The lowest BCUT2D eigenvalue weighted by molar-refractivity contribution is 0.288. The predicted octanol–water partition coefficient (Wildman–Crippen LogP) is 5.78. The van der Waals surface area contributed by atoms with E-state index in [2.05, 4.69) is 52.6 Å². The van der Waals surface area contributed by atoms with Crippen LogP contribution in [0.25, 0.3) is 0 Å². The molecule has 25 heavy (non-hydrogen) atoms. The molecule has 0 radical (unpaired) electrons. The van der Waals surface area contributed by atoms with E-state index in [0.717, 1.165) is 17.2 Å². The van der Waals surface area contributed by atoms with Crippen LogP contribution in [0.4, 0.5) is 5.69 Å². The molecule has 0 N–H and O–H groups in total. The molecular weight excluding hydrogens is 350 g/mol. The third-order valence-corrected chi connectivity index (χ3v) is 7.24. The van der Waals surface area contributed by atoms with Gasteiger partial charge in [0.2, 0.25) is 0 Å². The van der Waals surface area contributed by atoms with E-state index < -0.39 is 4.87 Å². The minimum Gasteiger partial charge on any atom is -0.491 e. The van der Waals surface area contributed by atoms with Crippen LogP contribution in [0.5, 0.6) is 5.75 Å². The summed E-state index contributed by atoms with van der Waals surface area (Å²) in [5, 5.41) is 0. The molecule has 2 aromatic carbocycles. The third-order valence-electron chi connectivity index (χ3n) is 5.06. The Hall–Kier alpha value is -1.42. The van der Waals surface area contributed by atoms with E-state index >= 15 is 0 Å². The minimum absolute atomic E-state index is 0.419.